The molecule has 190 valence electrons. The number of aromatic nitrogens is 2. The highest BCUT2D eigenvalue weighted by atomic mass is 35.5. The summed E-state index contributed by atoms with van der Waals surface area (Å²) in [7, 11) is 1.98. The van der Waals surface area contributed by atoms with Crippen molar-refractivity contribution in [1.29, 1.82) is 0 Å². The molecular weight excluding hydrogens is 481 g/mol. The Morgan fingerprint density at radius 1 is 1.26 bits per heavy atom. The second-order valence-electron chi connectivity index (χ2n) is 9.54. The van der Waals surface area contributed by atoms with Crippen molar-refractivity contribution in [2.24, 2.45) is 5.92 Å². The summed E-state index contributed by atoms with van der Waals surface area (Å²) < 4.78 is 46.5. The van der Waals surface area contributed by atoms with Crippen LogP contribution in [-0.4, -0.2) is 53.0 Å². The van der Waals surface area contributed by atoms with Gasteiger partial charge in [-0.3, -0.25) is 9.69 Å². The Balaban J connectivity index is 1.52. The fraction of sp³-hybridized carbons (Fsp3) is 0.560. The van der Waals surface area contributed by atoms with E-state index in [2.05, 4.69) is 20.2 Å². The number of ketones is 1. The molecule has 1 unspecified atom stereocenters. The van der Waals surface area contributed by atoms with Gasteiger partial charge in [-0.1, -0.05) is 18.2 Å². The lowest BCUT2D eigenvalue weighted by atomic mass is 9.84. The number of hydrogen-bond acceptors (Lipinski definition) is 6. The number of carbonyl (C=O) groups is 1. The topological polar surface area (TPSA) is 67.4 Å². The Kier molecular flexibility index (Phi) is 7.68. The summed E-state index contributed by atoms with van der Waals surface area (Å²) in [6.07, 6.45) is -0.234. The van der Waals surface area contributed by atoms with Crippen molar-refractivity contribution in [3.05, 3.63) is 51.7 Å². The van der Waals surface area contributed by atoms with Gasteiger partial charge in [0.05, 0.1) is 22.8 Å². The summed E-state index contributed by atoms with van der Waals surface area (Å²) in [5.41, 5.74) is 0.665. The van der Waals surface area contributed by atoms with Crippen molar-refractivity contribution in [2.75, 3.05) is 32.1 Å². The Bertz CT molecular complexity index is 1090. The van der Waals surface area contributed by atoms with Crippen LogP contribution >= 0.6 is 11.6 Å². The lowest BCUT2D eigenvalue weighted by molar-refractivity contribution is -0.135. The number of nitrogens with zero attached hydrogens (tertiary/aromatic N) is 3. The van der Waals surface area contributed by atoms with Crippen molar-refractivity contribution in [2.45, 2.75) is 57.5 Å². The second-order valence-corrected chi connectivity index (χ2v) is 9.88. The summed E-state index contributed by atoms with van der Waals surface area (Å²) in [5.74, 6) is -0.112. The van der Waals surface area contributed by atoms with E-state index in [0.717, 1.165) is 17.3 Å². The molecule has 0 spiro atoms. The summed E-state index contributed by atoms with van der Waals surface area (Å²) in [5, 5.41) is 3.23. The standard InChI is InChI=1S/C25H30ClF3N4O2/c1-14(17-5-4-6-18(21(17)27)22(28)29)30-23-19-11-16(12-20(19)31-24(26)32-23)13-33(3)25(15(2)34)7-9-35-10-8-25/h4-6,14,16,22H,7-13H2,1-3H3,(H,30,31,32)/t14-,16?/m1/s1. The molecule has 1 aliphatic heterocycles. The van der Waals surface area contributed by atoms with Crippen LogP contribution in [0.2, 0.25) is 5.28 Å². The summed E-state index contributed by atoms with van der Waals surface area (Å²) in [6.45, 7) is 5.14. The smallest absolute Gasteiger partial charge is 0.266 e. The number of hydrogen-bond donors (Lipinski definition) is 1. The van der Waals surface area contributed by atoms with E-state index in [-0.39, 0.29) is 22.5 Å². The van der Waals surface area contributed by atoms with E-state index >= 15 is 0 Å². The average Bonchev–Trinajstić information content (AvgIpc) is 3.21. The van der Waals surface area contributed by atoms with Crippen LogP contribution in [0.4, 0.5) is 19.0 Å². The molecule has 4 rings (SSSR count). The molecule has 2 aliphatic rings. The molecule has 0 amide bonds. The third-order valence-corrected chi connectivity index (χ3v) is 7.56. The monoisotopic (exact) mass is 510 g/mol. The van der Waals surface area contributed by atoms with E-state index in [1.54, 1.807) is 13.8 Å². The number of rotatable bonds is 8. The third kappa shape index (κ3) is 5.17. The zero-order chi connectivity index (χ0) is 25.3. The maximum atomic E-state index is 14.7. The van der Waals surface area contributed by atoms with Crippen LogP contribution in [0.1, 0.15) is 61.5 Å². The molecule has 35 heavy (non-hydrogen) atoms. The number of alkyl halides is 2. The number of benzene rings is 1. The Morgan fingerprint density at radius 2 is 1.94 bits per heavy atom. The summed E-state index contributed by atoms with van der Waals surface area (Å²) >= 11 is 6.19. The van der Waals surface area contributed by atoms with Gasteiger partial charge in [0, 0.05) is 30.9 Å². The van der Waals surface area contributed by atoms with Gasteiger partial charge >= 0.3 is 0 Å². The van der Waals surface area contributed by atoms with Crippen LogP contribution in [0.3, 0.4) is 0 Å². The Hall–Kier alpha value is -2.23. The van der Waals surface area contributed by atoms with Crippen LogP contribution in [0, 0.1) is 11.7 Å². The number of fused-ring (bicyclic) bond motifs is 1. The lowest BCUT2D eigenvalue weighted by Crippen LogP contribution is -2.56. The molecule has 1 saturated heterocycles. The fourth-order valence-electron chi connectivity index (χ4n) is 5.39. The fourth-order valence-corrected chi connectivity index (χ4v) is 5.58. The predicted molar refractivity (Wildman–Crippen MR) is 127 cm³/mol. The molecule has 6 nitrogen and oxygen atoms in total. The van der Waals surface area contributed by atoms with Crippen molar-refractivity contribution in [3.8, 4) is 0 Å². The predicted octanol–water partition coefficient (Wildman–Crippen LogP) is 5.16. The van der Waals surface area contributed by atoms with Crippen molar-refractivity contribution in [3.63, 3.8) is 0 Å². The molecule has 0 saturated carbocycles. The molecular formula is C25H30ClF3N4O2. The zero-order valence-electron chi connectivity index (χ0n) is 20.1. The quantitative estimate of drug-likeness (QED) is 0.494. The minimum Gasteiger partial charge on any atom is -0.381 e. The van der Waals surface area contributed by atoms with Gasteiger partial charge in [0.25, 0.3) is 6.43 Å². The highest BCUT2D eigenvalue weighted by molar-refractivity contribution is 6.28. The molecule has 1 aromatic carbocycles. The molecule has 0 bridgehead atoms. The second kappa shape index (κ2) is 10.4. The molecule has 1 fully saturated rings. The maximum Gasteiger partial charge on any atom is 0.266 e. The number of halogens is 4. The van der Waals surface area contributed by atoms with Crippen LogP contribution in [0.25, 0.3) is 0 Å². The van der Waals surface area contributed by atoms with E-state index in [1.165, 1.54) is 12.1 Å². The maximum absolute atomic E-state index is 14.7. The minimum absolute atomic E-state index is 0.0684. The summed E-state index contributed by atoms with van der Waals surface area (Å²) in [4.78, 5) is 23.5. The van der Waals surface area contributed by atoms with Crippen molar-refractivity contribution < 1.29 is 22.7 Å². The van der Waals surface area contributed by atoms with Gasteiger partial charge in [0.15, 0.2) is 0 Å². The first-order chi connectivity index (χ1) is 16.6. The lowest BCUT2D eigenvalue weighted by Gasteiger charge is -2.43. The highest BCUT2D eigenvalue weighted by Crippen LogP contribution is 2.36. The molecule has 2 atom stereocenters. The minimum atomic E-state index is -2.90. The average molecular weight is 511 g/mol. The van der Waals surface area contributed by atoms with E-state index in [1.807, 2.05) is 7.05 Å². The highest BCUT2D eigenvalue weighted by Gasteiger charge is 2.42. The SMILES string of the molecule is CC(=O)C1(N(C)CC2Cc3nc(Cl)nc(N[C@H](C)c4cccc(C(F)F)c4F)c3C2)CCOCC1. The van der Waals surface area contributed by atoms with Gasteiger partial charge in [-0.25, -0.2) is 23.1 Å². The van der Waals surface area contributed by atoms with Gasteiger partial charge < -0.3 is 10.1 Å². The Morgan fingerprint density at radius 3 is 2.60 bits per heavy atom. The van der Waals surface area contributed by atoms with E-state index < -0.39 is 29.4 Å². The van der Waals surface area contributed by atoms with Crippen LogP contribution < -0.4 is 5.32 Å². The van der Waals surface area contributed by atoms with Crippen LogP contribution in [0.5, 0.6) is 0 Å². The van der Waals surface area contributed by atoms with Gasteiger partial charge in [0.1, 0.15) is 17.4 Å². The molecule has 1 aliphatic carbocycles. The van der Waals surface area contributed by atoms with Crippen molar-refractivity contribution in [1.82, 2.24) is 14.9 Å². The normalized spacial score (nSPS) is 20.2. The first-order valence-electron chi connectivity index (χ1n) is 11.8. The van der Waals surface area contributed by atoms with E-state index in [4.69, 9.17) is 16.3 Å². The van der Waals surface area contributed by atoms with Gasteiger partial charge in [0.2, 0.25) is 5.28 Å². The number of nitrogens with one attached hydrogen (secondary N) is 1. The number of likely N-dealkylation sites (N-methyl/N-ethyl adjacent to an activating group) is 1. The van der Waals surface area contributed by atoms with Gasteiger partial charge in [-0.05, 0) is 64.1 Å². The van der Waals surface area contributed by atoms with Crippen LogP contribution in [-0.2, 0) is 22.4 Å². The van der Waals surface area contributed by atoms with Crippen LogP contribution in [0.15, 0.2) is 18.2 Å². The molecule has 10 heteroatoms. The number of ether oxygens (including phenoxy) is 1. The molecule has 2 heterocycles. The largest absolute Gasteiger partial charge is 0.381 e. The first kappa shape index (κ1) is 25.9. The molecule has 1 N–H and O–H groups in total. The van der Waals surface area contributed by atoms with Crippen molar-refractivity contribution >= 4 is 23.2 Å². The molecule has 0 radical (unpaired) electrons. The Labute approximate surface area is 208 Å². The summed E-state index contributed by atoms with van der Waals surface area (Å²) in [6, 6.07) is 3.37. The van der Waals surface area contributed by atoms with E-state index in [9.17, 15) is 18.0 Å². The van der Waals surface area contributed by atoms with E-state index in [0.29, 0.717) is 51.3 Å². The number of anilines is 1. The number of Topliss-reactive ketones (excluding diaryl/α,β-unsaturated/α-hetero) is 1. The van der Waals surface area contributed by atoms with Gasteiger partial charge in [-0.2, -0.15) is 0 Å². The zero-order valence-corrected chi connectivity index (χ0v) is 20.8. The van der Waals surface area contributed by atoms with Gasteiger partial charge in [-0.15, -0.1) is 0 Å². The molecule has 2 aromatic rings. The third-order valence-electron chi connectivity index (χ3n) is 7.39. The first-order valence-corrected chi connectivity index (χ1v) is 12.2. The molecule has 1 aromatic heterocycles. The number of carbonyl (C=O) groups excluding carboxylic acids is 1.